The summed E-state index contributed by atoms with van der Waals surface area (Å²) >= 11 is 0. The quantitative estimate of drug-likeness (QED) is 0.559. The lowest BCUT2D eigenvalue weighted by molar-refractivity contribution is -0.148. The van der Waals surface area contributed by atoms with Crippen molar-refractivity contribution >= 4 is 12.0 Å². The Morgan fingerprint density at radius 2 is 1.92 bits per heavy atom. The van der Waals surface area contributed by atoms with E-state index in [2.05, 4.69) is 24.1 Å². The first-order valence-corrected chi connectivity index (χ1v) is 8.63. The first-order valence-electron chi connectivity index (χ1n) is 8.63. The summed E-state index contributed by atoms with van der Waals surface area (Å²) < 4.78 is 10.6. The monoisotopic (exact) mass is 346 g/mol. The lowest BCUT2D eigenvalue weighted by Crippen LogP contribution is -2.51. The molecule has 2 amide bonds. The molecule has 136 valence electrons. The third kappa shape index (κ3) is 4.98. The molecule has 0 aromatic heterocycles. The van der Waals surface area contributed by atoms with Gasteiger partial charge < -0.3 is 20.1 Å². The highest BCUT2D eigenvalue weighted by Gasteiger charge is 2.38. The van der Waals surface area contributed by atoms with Gasteiger partial charge in [0.25, 0.3) is 0 Å². The zero-order chi connectivity index (χ0) is 18.2. The van der Waals surface area contributed by atoms with Gasteiger partial charge in [0.15, 0.2) is 0 Å². The highest BCUT2D eigenvalue weighted by atomic mass is 16.5. The lowest BCUT2D eigenvalue weighted by atomic mass is 9.89. The van der Waals surface area contributed by atoms with E-state index in [4.69, 9.17) is 9.47 Å². The average molecular weight is 346 g/mol. The molecule has 2 N–H and O–H groups in total. The molecule has 6 nitrogen and oxygen atoms in total. The van der Waals surface area contributed by atoms with Gasteiger partial charge in [0.1, 0.15) is 11.7 Å². The second-order valence-corrected chi connectivity index (χ2v) is 6.08. The van der Waals surface area contributed by atoms with E-state index < -0.39 is 12.0 Å². The summed E-state index contributed by atoms with van der Waals surface area (Å²) in [6.45, 7) is 6.35. The predicted octanol–water partition coefficient (Wildman–Crippen LogP) is 3.30. The first kappa shape index (κ1) is 18.8. The van der Waals surface area contributed by atoms with Crippen LogP contribution in [0.3, 0.4) is 0 Å². The van der Waals surface area contributed by atoms with Crippen molar-refractivity contribution in [2.45, 2.75) is 38.6 Å². The molecule has 1 heterocycles. The molecule has 25 heavy (non-hydrogen) atoms. The standard InChI is InChI=1S/C19H26N2O4/c1-4-5-6-7-12-25-18(22)16-13(2)20-19(23)21-17(16)14-8-10-15(24-3)11-9-14/h8-11,16-17H,2,4-7,12H2,1,3H3,(H2,20,21,23)/t16-,17+/m0/s1. The molecule has 1 aliphatic heterocycles. The van der Waals surface area contributed by atoms with Crippen LogP contribution in [0.25, 0.3) is 0 Å². The molecule has 1 saturated heterocycles. The highest BCUT2D eigenvalue weighted by molar-refractivity contribution is 5.85. The molecule has 0 saturated carbocycles. The number of methoxy groups -OCH3 is 1. The summed E-state index contributed by atoms with van der Waals surface area (Å²) in [5.41, 5.74) is 1.15. The van der Waals surface area contributed by atoms with Crippen molar-refractivity contribution in [3.05, 3.63) is 42.1 Å². The molecule has 0 radical (unpaired) electrons. The number of carbonyl (C=O) groups is 2. The Balaban J connectivity index is 2.09. The van der Waals surface area contributed by atoms with E-state index in [1.165, 1.54) is 0 Å². The Kier molecular flexibility index (Phi) is 6.86. The van der Waals surface area contributed by atoms with E-state index in [0.29, 0.717) is 18.1 Å². The zero-order valence-corrected chi connectivity index (χ0v) is 14.8. The minimum atomic E-state index is -0.669. The van der Waals surface area contributed by atoms with E-state index in [9.17, 15) is 9.59 Å². The number of rotatable bonds is 8. The molecule has 1 aromatic rings. The SMILES string of the molecule is C=C1NC(=O)N[C@H](c2ccc(OC)cc2)[C@H]1C(=O)OCCCCCC. The number of unbranched alkanes of at least 4 members (excludes halogenated alkanes) is 3. The van der Waals surface area contributed by atoms with Crippen LogP contribution in [-0.2, 0) is 9.53 Å². The van der Waals surface area contributed by atoms with Crippen molar-refractivity contribution in [2.24, 2.45) is 5.92 Å². The van der Waals surface area contributed by atoms with Gasteiger partial charge in [-0.15, -0.1) is 0 Å². The maximum absolute atomic E-state index is 12.6. The summed E-state index contributed by atoms with van der Waals surface area (Å²) in [7, 11) is 1.59. The van der Waals surface area contributed by atoms with E-state index >= 15 is 0 Å². The van der Waals surface area contributed by atoms with Gasteiger partial charge in [-0.2, -0.15) is 0 Å². The Bertz CT molecular complexity index is 612. The number of hydrogen-bond acceptors (Lipinski definition) is 4. The van der Waals surface area contributed by atoms with Crippen LogP contribution >= 0.6 is 0 Å². The van der Waals surface area contributed by atoms with Crippen LogP contribution in [0.1, 0.15) is 44.2 Å². The molecule has 0 unspecified atom stereocenters. The number of nitrogens with one attached hydrogen (secondary N) is 2. The molecule has 2 rings (SSSR count). The molecule has 1 aliphatic rings. The van der Waals surface area contributed by atoms with Crippen LogP contribution in [0.15, 0.2) is 36.5 Å². The summed E-state index contributed by atoms with van der Waals surface area (Å²) in [5, 5.41) is 5.36. The molecule has 0 spiro atoms. The van der Waals surface area contributed by atoms with Crippen LogP contribution in [0.4, 0.5) is 4.79 Å². The molecular formula is C19H26N2O4. The van der Waals surface area contributed by atoms with Gasteiger partial charge in [0, 0.05) is 5.70 Å². The first-order chi connectivity index (χ1) is 12.1. The summed E-state index contributed by atoms with van der Waals surface area (Å²) in [4.78, 5) is 24.4. The molecule has 2 atom stereocenters. The summed E-state index contributed by atoms with van der Waals surface area (Å²) in [5.74, 6) is -0.343. The predicted molar refractivity (Wildman–Crippen MR) is 95.1 cm³/mol. The van der Waals surface area contributed by atoms with E-state index in [1.807, 2.05) is 12.1 Å². The number of ether oxygens (including phenoxy) is 2. The van der Waals surface area contributed by atoms with Gasteiger partial charge in [-0.25, -0.2) is 4.79 Å². The van der Waals surface area contributed by atoms with Crippen LogP contribution in [0, 0.1) is 5.92 Å². The van der Waals surface area contributed by atoms with E-state index in [-0.39, 0.29) is 12.0 Å². The second-order valence-electron chi connectivity index (χ2n) is 6.08. The van der Waals surface area contributed by atoms with Crippen molar-refractivity contribution in [3.8, 4) is 5.75 Å². The molecular weight excluding hydrogens is 320 g/mol. The van der Waals surface area contributed by atoms with Crippen molar-refractivity contribution in [2.75, 3.05) is 13.7 Å². The Labute approximate surface area is 148 Å². The second kappa shape index (κ2) is 9.11. The number of amides is 2. The van der Waals surface area contributed by atoms with Crippen LogP contribution in [-0.4, -0.2) is 25.7 Å². The normalized spacial score (nSPS) is 19.8. The van der Waals surface area contributed by atoms with Gasteiger partial charge in [-0.3, -0.25) is 4.79 Å². The maximum Gasteiger partial charge on any atom is 0.319 e. The largest absolute Gasteiger partial charge is 0.497 e. The van der Waals surface area contributed by atoms with Crippen LogP contribution < -0.4 is 15.4 Å². The number of carbonyl (C=O) groups excluding carboxylic acids is 2. The van der Waals surface area contributed by atoms with Gasteiger partial charge in [0.2, 0.25) is 0 Å². The van der Waals surface area contributed by atoms with Crippen molar-refractivity contribution in [3.63, 3.8) is 0 Å². The van der Waals surface area contributed by atoms with Crippen molar-refractivity contribution < 1.29 is 19.1 Å². The smallest absolute Gasteiger partial charge is 0.319 e. The highest BCUT2D eigenvalue weighted by Crippen LogP contribution is 2.31. The number of urea groups is 1. The van der Waals surface area contributed by atoms with E-state index in [1.54, 1.807) is 19.2 Å². The van der Waals surface area contributed by atoms with Crippen LogP contribution in [0.2, 0.25) is 0 Å². The third-order valence-electron chi connectivity index (χ3n) is 4.24. The fourth-order valence-electron chi connectivity index (χ4n) is 2.84. The Morgan fingerprint density at radius 3 is 2.56 bits per heavy atom. The zero-order valence-electron chi connectivity index (χ0n) is 14.8. The number of benzene rings is 1. The third-order valence-corrected chi connectivity index (χ3v) is 4.24. The molecule has 0 aliphatic carbocycles. The molecule has 1 aromatic carbocycles. The van der Waals surface area contributed by atoms with Crippen molar-refractivity contribution in [1.82, 2.24) is 10.6 Å². The fraction of sp³-hybridized carbons (Fsp3) is 0.474. The van der Waals surface area contributed by atoms with Gasteiger partial charge in [-0.1, -0.05) is 44.9 Å². The fourth-order valence-corrected chi connectivity index (χ4v) is 2.84. The summed E-state index contributed by atoms with van der Waals surface area (Å²) in [6.07, 6.45) is 4.13. The van der Waals surface area contributed by atoms with Crippen LogP contribution in [0.5, 0.6) is 5.75 Å². The lowest BCUT2D eigenvalue weighted by Gasteiger charge is -2.33. The minimum absolute atomic E-state index is 0.350. The summed E-state index contributed by atoms with van der Waals surface area (Å²) in [6, 6.07) is 6.33. The molecule has 0 bridgehead atoms. The Morgan fingerprint density at radius 1 is 1.20 bits per heavy atom. The molecule has 6 heteroatoms. The number of hydrogen-bond donors (Lipinski definition) is 2. The van der Waals surface area contributed by atoms with Gasteiger partial charge in [0.05, 0.1) is 19.8 Å². The number of esters is 1. The molecule has 1 fully saturated rings. The average Bonchev–Trinajstić information content (AvgIpc) is 2.60. The maximum atomic E-state index is 12.6. The van der Waals surface area contributed by atoms with E-state index in [0.717, 1.165) is 31.2 Å². The van der Waals surface area contributed by atoms with Gasteiger partial charge >= 0.3 is 12.0 Å². The topological polar surface area (TPSA) is 76.7 Å². The minimum Gasteiger partial charge on any atom is -0.497 e. The Hall–Kier alpha value is -2.50. The van der Waals surface area contributed by atoms with Crippen molar-refractivity contribution in [1.29, 1.82) is 0 Å². The van der Waals surface area contributed by atoms with Gasteiger partial charge in [-0.05, 0) is 24.1 Å².